The molecule has 0 aromatic rings. The maximum Gasteiger partial charge on any atom is 0.407 e. The molecule has 0 aromatic carbocycles. The SMILES string of the molecule is COCC(CCCNC(=O)OC(C)(C)C)NCC(O)CC(C)C. The van der Waals surface area contributed by atoms with Crippen molar-refractivity contribution in [3.05, 3.63) is 0 Å². The number of amides is 1. The minimum absolute atomic E-state index is 0.169. The molecule has 0 bridgehead atoms. The molecule has 2 atom stereocenters. The highest BCUT2D eigenvalue weighted by molar-refractivity contribution is 5.67. The summed E-state index contributed by atoms with van der Waals surface area (Å²) in [6, 6.07) is 0.169. The molecule has 1 amide bonds. The Bertz CT molecular complexity index is 316. The predicted octanol–water partition coefficient (Wildman–Crippen LogP) is 2.30. The van der Waals surface area contributed by atoms with Gasteiger partial charge in [-0.25, -0.2) is 4.79 Å². The van der Waals surface area contributed by atoms with Crippen molar-refractivity contribution < 1.29 is 19.4 Å². The zero-order chi connectivity index (χ0) is 17.9. The molecular formula is C17H36N2O4. The molecule has 0 aliphatic heterocycles. The summed E-state index contributed by atoms with van der Waals surface area (Å²) in [6.45, 7) is 11.4. The molecule has 0 fully saturated rings. The molecule has 3 N–H and O–H groups in total. The Balaban J connectivity index is 3.94. The third-order valence-electron chi connectivity index (χ3n) is 3.15. The van der Waals surface area contributed by atoms with Gasteiger partial charge in [-0.2, -0.15) is 0 Å². The average Bonchev–Trinajstić information content (AvgIpc) is 2.37. The standard InChI is InChI=1S/C17H36N2O4/c1-13(2)10-15(20)11-19-14(12-22-6)8-7-9-18-16(21)23-17(3,4)5/h13-15,19-20H,7-12H2,1-6H3,(H,18,21). The summed E-state index contributed by atoms with van der Waals surface area (Å²) < 4.78 is 10.4. The fourth-order valence-electron chi connectivity index (χ4n) is 2.23. The van der Waals surface area contributed by atoms with Crippen LogP contribution in [0.25, 0.3) is 0 Å². The van der Waals surface area contributed by atoms with E-state index < -0.39 is 5.60 Å². The van der Waals surface area contributed by atoms with Gasteiger partial charge in [0.25, 0.3) is 0 Å². The van der Waals surface area contributed by atoms with Gasteiger partial charge < -0.3 is 25.2 Å². The molecule has 23 heavy (non-hydrogen) atoms. The zero-order valence-electron chi connectivity index (χ0n) is 15.6. The molecule has 138 valence electrons. The number of aliphatic hydroxyl groups is 1. The minimum atomic E-state index is -0.475. The van der Waals surface area contributed by atoms with Crippen LogP contribution in [0.5, 0.6) is 0 Å². The van der Waals surface area contributed by atoms with E-state index in [1.165, 1.54) is 0 Å². The summed E-state index contributed by atoms with van der Waals surface area (Å²) in [5, 5.41) is 16.0. The van der Waals surface area contributed by atoms with Gasteiger partial charge in [0.15, 0.2) is 0 Å². The van der Waals surface area contributed by atoms with Gasteiger partial charge in [0.2, 0.25) is 0 Å². The largest absolute Gasteiger partial charge is 0.444 e. The lowest BCUT2D eigenvalue weighted by Gasteiger charge is -2.22. The van der Waals surface area contributed by atoms with E-state index >= 15 is 0 Å². The first kappa shape index (κ1) is 22.1. The topological polar surface area (TPSA) is 79.8 Å². The quantitative estimate of drug-likeness (QED) is 0.506. The third kappa shape index (κ3) is 14.5. The van der Waals surface area contributed by atoms with Crippen LogP contribution in [0.3, 0.4) is 0 Å². The Morgan fingerprint density at radius 3 is 2.43 bits per heavy atom. The fraction of sp³-hybridized carbons (Fsp3) is 0.941. The van der Waals surface area contributed by atoms with E-state index in [0.717, 1.165) is 19.3 Å². The van der Waals surface area contributed by atoms with Gasteiger partial charge in [0.1, 0.15) is 5.60 Å². The van der Waals surface area contributed by atoms with Crippen LogP contribution in [0.4, 0.5) is 4.79 Å². The molecule has 2 unspecified atom stereocenters. The Morgan fingerprint density at radius 1 is 1.26 bits per heavy atom. The van der Waals surface area contributed by atoms with Crippen LogP contribution in [-0.4, -0.2) is 55.8 Å². The van der Waals surface area contributed by atoms with E-state index in [2.05, 4.69) is 24.5 Å². The van der Waals surface area contributed by atoms with E-state index in [0.29, 0.717) is 25.6 Å². The number of carbonyl (C=O) groups excluding carboxylic acids is 1. The molecule has 6 heteroatoms. The maximum atomic E-state index is 11.5. The van der Waals surface area contributed by atoms with Gasteiger partial charge in [-0.1, -0.05) is 13.8 Å². The van der Waals surface area contributed by atoms with Crippen LogP contribution in [0, 0.1) is 5.92 Å². The van der Waals surface area contributed by atoms with Gasteiger partial charge >= 0.3 is 6.09 Å². The normalized spacial score (nSPS) is 14.6. The van der Waals surface area contributed by atoms with Crippen LogP contribution in [0.1, 0.15) is 53.9 Å². The van der Waals surface area contributed by atoms with E-state index in [1.54, 1.807) is 7.11 Å². The van der Waals surface area contributed by atoms with Crippen molar-refractivity contribution in [2.45, 2.75) is 71.6 Å². The Hall–Kier alpha value is -0.850. The number of ether oxygens (including phenoxy) is 2. The molecule has 0 aliphatic rings. The number of rotatable bonds is 11. The summed E-state index contributed by atoms with van der Waals surface area (Å²) in [6.07, 6.45) is 1.74. The summed E-state index contributed by atoms with van der Waals surface area (Å²) in [5.74, 6) is 0.478. The smallest absolute Gasteiger partial charge is 0.407 e. The monoisotopic (exact) mass is 332 g/mol. The molecule has 0 saturated carbocycles. The number of nitrogens with one attached hydrogen (secondary N) is 2. The number of hydrogen-bond acceptors (Lipinski definition) is 5. The number of aliphatic hydroxyl groups excluding tert-OH is 1. The number of methoxy groups -OCH3 is 1. The van der Waals surface area contributed by atoms with Crippen molar-refractivity contribution in [1.82, 2.24) is 10.6 Å². The highest BCUT2D eigenvalue weighted by Gasteiger charge is 2.16. The molecule has 6 nitrogen and oxygen atoms in total. The fourth-order valence-corrected chi connectivity index (χ4v) is 2.23. The van der Waals surface area contributed by atoms with Crippen molar-refractivity contribution in [3.63, 3.8) is 0 Å². The lowest BCUT2D eigenvalue weighted by atomic mass is 10.1. The summed E-state index contributed by atoms with van der Waals surface area (Å²) >= 11 is 0. The van der Waals surface area contributed by atoms with Crippen molar-refractivity contribution >= 4 is 6.09 Å². The highest BCUT2D eigenvalue weighted by Crippen LogP contribution is 2.07. The molecule has 0 spiro atoms. The van der Waals surface area contributed by atoms with Crippen molar-refractivity contribution in [1.29, 1.82) is 0 Å². The highest BCUT2D eigenvalue weighted by atomic mass is 16.6. The van der Waals surface area contributed by atoms with E-state index in [9.17, 15) is 9.90 Å². The van der Waals surface area contributed by atoms with Gasteiger partial charge in [0, 0.05) is 26.2 Å². The first-order valence-corrected chi connectivity index (χ1v) is 8.51. The molecule has 0 rings (SSSR count). The summed E-state index contributed by atoms with van der Waals surface area (Å²) in [5.41, 5.74) is -0.475. The Kier molecular flexibility index (Phi) is 11.2. The number of carbonyl (C=O) groups is 1. The van der Waals surface area contributed by atoms with Gasteiger partial charge in [-0.3, -0.25) is 0 Å². The Morgan fingerprint density at radius 2 is 1.91 bits per heavy atom. The molecular weight excluding hydrogens is 296 g/mol. The minimum Gasteiger partial charge on any atom is -0.444 e. The second kappa shape index (κ2) is 11.6. The van der Waals surface area contributed by atoms with Crippen LogP contribution in [-0.2, 0) is 9.47 Å². The van der Waals surface area contributed by atoms with E-state index in [1.807, 2.05) is 20.8 Å². The van der Waals surface area contributed by atoms with Crippen molar-refractivity contribution in [2.24, 2.45) is 5.92 Å². The van der Waals surface area contributed by atoms with Crippen LogP contribution in [0.15, 0.2) is 0 Å². The molecule has 0 heterocycles. The third-order valence-corrected chi connectivity index (χ3v) is 3.15. The molecule has 0 aliphatic carbocycles. The van der Waals surface area contributed by atoms with Crippen molar-refractivity contribution in [2.75, 3.05) is 26.8 Å². The van der Waals surface area contributed by atoms with Crippen LogP contribution in [0.2, 0.25) is 0 Å². The van der Waals surface area contributed by atoms with Gasteiger partial charge in [-0.15, -0.1) is 0 Å². The number of alkyl carbamates (subject to hydrolysis) is 1. The van der Waals surface area contributed by atoms with Gasteiger partial charge in [0.05, 0.1) is 12.7 Å². The van der Waals surface area contributed by atoms with E-state index in [4.69, 9.17) is 9.47 Å². The van der Waals surface area contributed by atoms with E-state index in [-0.39, 0.29) is 18.2 Å². The van der Waals surface area contributed by atoms with Crippen molar-refractivity contribution in [3.8, 4) is 0 Å². The van der Waals surface area contributed by atoms with Gasteiger partial charge in [-0.05, 0) is 46.0 Å². The van der Waals surface area contributed by atoms with Crippen LogP contribution < -0.4 is 10.6 Å². The lowest BCUT2D eigenvalue weighted by Crippen LogP contribution is -2.39. The predicted molar refractivity (Wildman–Crippen MR) is 92.6 cm³/mol. The summed E-state index contributed by atoms with van der Waals surface area (Å²) in [7, 11) is 1.66. The first-order chi connectivity index (χ1) is 10.6. The molecule has 0 aromatic heterocycles. The second-order valence-corrected chi connectivity index (χ2v) is 7.41. The molecule has 0 saturated heterocycles. The second-order valence-electron chi connectivity index (χ2n) is 7.41. The maximum absolute atomic E-state index is 11.5. The average molecular weight is 332 g/mol. The lowest BCUT2D eigenvalue weighted by molar-refractivity contribution is 0.0526. The Labute approximate surface area is 141 Å². The van der Waals surface area contributed by atoms with Crippen LogP contribution >= 0.6 is 0 Å². The molecule has 0 radical (unpaired) electrons. The number of hydrogen-bond donors (Lipinski definition) is 3. The zero-order valence-corrected chi connectivity index (χ0v) is 15.6. The first-order valence-electron chi connectivity index (χ1n) is 8.51. The summed E-state index contributed by atoms with van der Waals surface area (Å²) in [4.78, 5) is 11.5.